The second-order valence-electron chi connectivity index (χ2n) is 6.89. The van der Waals surface area contributed by atoms with Gasteiger partial charge in [-0.1, -0.05) is 19.0 Å². The van der Waals surface area contributed by atoms with Gasteiger partial charge in [-0.05, 0) is 49.7 Å². The summed E-state index contributed by atoms with van der Waals surface area (Å²) in [5.74, 6) is 4.19. The van der Waals surface area contributed by atoms with Gasteiger partial charge in [0.15, 0.2) is 5.82 Å². The van der Waals surface area contributed by atoms with Gasteiger partial charge >= 0.3 is 0 Å². The highest BCUT2D eigenvalue weighted by molar-refractivity contribution is 5.58. The van der Waals surface area contributed by atoms with E-state index in [1.807, 2.05) is 18.3 Å². The van der Waals surface area contributed by atoms with Crippen molar-refractivity contribution in [3.8, 4) is 11.5 Å². The minimum absolute atomic E-state index is 0.269. The van der Waals surface area contributed by atoms with Crippen LogP contribution in [-0.4, -0.2) is 21.2 Å². The number of anilines is 1. The lowest BCUT2D eigenvalue weighted by Gasteiger charge is -2.18. The topological polar surface area (TPSA) is 63.8 Å². The molecule has 0 unspecified atom stereocenters. The van der Waals surface area contributed by atoms with Crippen molar-refractivity contribution in [1.29, 1.82) is 0 Å². The van der Waals surface area contributed by atoms with Crippen LogP contribution in [0, 0.1) is 11.8 Å². The zero-order valence-electron chi connectivity index (χ0n) is 13.1. The molecular formula is C17H22N4O. The number of aromatic nitrogens is 3. The molecule has 0 bridgehead atoms. The molecule has 5 heteroatoms. The average Bonchev–Trinajstić information content (AvgIpc) is 3.44. The summed E-state index contributed by atoms with van der Waals surface area (Å²) in [6, 6.07) is 4.54. The van der Waals surface area contributed by atoms with E-state index < -0.39 is 0 Å². The molecule has 2 aromatic heterocycles. The largest absolute Gasteiger partial charge is 0.367 e. The minimum Gasteiger partial charge on any atom is -0.367 e. The first kappa shape index (κ1) is 13.7. The zero-order valence-corrected chi connectivity index (χ0v) is 13.1. The Balaban J connectivity index is 1.54. The Bertz CT molecular complexity index is 646. The van der Waals surface area contributed by atoms with E-state index in [9.17, 15) is 0 Å². The number of nitrogens with zero attached hydrogens (tertiary/aromatic N) is 3. The fraction of sp³-hybridized carbons (Fsp3) is 0.588. The van der Waals surface area contributed by atoms with Crippen molar-refractivity contribution in [3.05, 3.63) is 24.2 Å². The monoisotopic (exact) mass is 298 g/mol. The van der Waals surface area contributed by atoms with Crippen LogP contribution >= 0.6 is 0 Å². The van der Waals surface area contributed by atoms with E-state index in [-0.39, 0.29) is 5.92 Å². The molecule has 0 atom stereocenters. The van der Waals surface area contributed by atoms with Gasteiger partial charge in [0.1, 0.15) is 5.82 Å². The van der Waals surface area contributed by atoms with Crippen molar-refractivity contribution < 1.29 is 4.52 Å². The zero-order chi connectivity index (χ0) is 15.1. The second kappa shape index (κ2) is 5.38. The lowest BCUT2D eigenvalue weighted by Crippen LogP contribution is -2.24. The van der Waals surface area contributed by atoms with Crippen molar-refractivity contribution >= 4 is 5.82 Å². The Morgan fingerprint density at radius 3 is 2.50 bits per heavy atom. The Labute approximate surface area is 130 Å². The van der Waals surface area contributed by atoms with Crippen LogP contribution in [0.4, 0.5) is 5.82 Å². The van der Waals surface area contributed by atoms with Crippen LogP contribution in [0.3, 0.4) is 0 Å². The quantitative estimate of drug-likeness (QED) is 0.877. The molecule has 2 aliphatic carbocycles. The predicted octanol–water partition coefficient (Wildman–Crippen LogP) is 3.86. The summed E-state index contributed by atoms with van der Waals surface area (Å²) in [6.07, 6.45) is 7.24. The van der Waals surface area contributed by atoms with E-state index in [4.69, 9.17) is 4.52 Å². The molecule has 2 fully saturated rings. The molecule has 5 nitrogen and oxygen atoms in total. The van der Waals surface area contributed by atoms with Gasteiger partial charge in [0, 0.05) is 23.7 Å². The maximum Gasteiger partial charge on any atom is 0.258 e. The molecule has 22 heavy (non-hydrogen) atoms. The molecule has 2 saturated carbocycles. The van der Waals surface area contributed by atoms with E-state index >= 15 is 0 Å². The predicted molar refractivity (Wildman–Crippen MR) is 84.5 cm³/mol. The van der Waals surface area contributed by atoms with Crippen LogP contribution < -0.4 is 5.32 Å². The highest BCUT2D eigenvalue weighted by Crippen LogP contribution is 2.45. The van der Waals surface area contributed by atoms with Gasteiger partial charge < -0.3 is 9.84 Å². The van der Waals surface area contributed by atoms with Crippen LogP contribution in [-0.2, 0) is 0 Å². The lowest BCUT2D eigenvalue weighted by molar-refractivity contribution is 0.419. The van der Waals surface area contributed by atoms with E-state index in [2.05, 4.69) is 34.3 Å². The third-order valence-electron chi connectivity index (χ3n) is 4.54. The van der Waals surface area contributed by atoms with Gasteiger partial charge in [0.2, 0.25) is 0 Å². The number of nitrogens with one attached hydrogen (secondary N) is 1. The molecule has 0 saturated heterocycles. The maximum atomic E-state index is 5.37. The van der Waals surface area contributed by atoms with Gasteiger partial charge in [-0.2, -0.15) is 4.98 Å². The number of rotatable bonds is 6. The minimum atomic E-state index is 0.269. The summed E-state index contributed by atoms with van der Waals surface area (Å²) in [6.45, 7) is 4.12. The molecule has 2 aliphatic rings. The molecule has 2 aromatic rings. The molecule has 4 rings (SSSR count). The smallest absolute Gasteiger partial charge is 0.258 e. The molecule has 1 N–H and O–H groups in total. The van der Waals surface area contributed by atoms with Crippen molar-refractivity contribution in [2.45, 2.75) is 51.5 Å². The maximum absolute atomic E-state index is 5.37. The summed E-state index contributed by atoms with van der Waals surface area (Å²) in [5, 5.41) is 7.67. The number of hydrogen-bond donors (Lipinski definition) is 1. The van der Waals surface area contributed by atoms with E-state index in [0.29, 0.717) is 11.9 Å². The third-order valence-corrected chi connectivity index (χ3v) is 4.54. The molecular weight excluding hydrogens is 276 g/mol. The van der Waals surface area contributed by atoms with Crippen molar-refractivity contribution in [1.82, 2.24) is 15.1 Å². The Morgan fingerprint density at radius 1 is 1.18 bits per heavy atom. The normalized spacial score (nSPS) is 18.2. The van der Waals surface area contributed by atoms with E-state index in [1.165, 1.54) is 25.7 Å². The lowest BCUT2D eigenvalue weighted by atomic mass is 10.1. The number of pyridine rings is 1. The van der Waals surface area contributed by atoms with Crippen molar-refractivity contribution in [2.24, 2.45) is 11.8 Å². The van der Waals surface area contributed by atoms with Crippen molar-refractivity contribution in [3.63, 3.8) is 0 Å². The van der Waals surface area contributed by atoms with Gasteiger partial charge in [-0.3, -0.25) is 0 Å². The third kappa shape index (κ3) is 2.85. The molecule has 0 aliphatic heterocycles. The Hall–Kier alpha value is -1.91. The molecule has 2 heterocycles. The molecule has 0 spiro atoms. The Kier molecular flexibility index (Phi) is 3.36. The van der Waals surface area contributed by atoms with Crippen LogP contribution in [0.2, 0.25) is 0 Å². The highest BCUT2D eigenvalue weighted by atomic mass is 16.5. The van der Waals surface area contributed by atoms with Gasteiger partial charge in [-0.15, -0.1) is 0 Å². The highest BCUT2D eigenvalue weighted by Gasteiger charge is 2.41. The summed E-state index contributed by atoms with van der Waals surface area (Å²) >= 11 is 0. The average molecular weight is 298 g/mol. The van der Waals surface area contributed by atoms with Gasteiger partial charge in [0.05, 0.1) is 0 Å². The first-order valence-electron chi connectivity index (χ1n) is 8.27. The second-order valence-corrected chi connectivity index (χ2v) is 6.89. The first-order chi connectivity index (χ1) is 10.7. The van der Waals surface area contributed by atoms with E-state index in [0.717, 1.165) is 29.0 Å². The fourth-order valence-electron chi connectivity index (χ4n) is 2.93. The standard InChI is InChI=1S/C17H22N4O/c1-10(2)16-20-17(22-21-16)13-7-8-18-14(9-13)19-15(11-3-4-11)12-5-6-12/h7-12,15H,3-6H2,1-2H3,(H,18,19). The summed E-state index contributed by atoms with van der Waals surface area (Å²) in [4.78, 5) is 8.93. The summed E-state index contributed by atoms with van der Waals surface area (Å²) < 4.78 is 5.37. The summed E-state index contributed by atoms with van der Waals surface area (Å²) in [5.41, 5.74) is 0.933. The first-order valence-corrected chi connectivity index (χ1v) is 8.27. The fourth-order valence-corrected chi connectivity index (χ4v) is 2.93. The molecule has 0 aromatic carbocycles. The van der Waals surface area contributed by atoms with E-state index in [1.54, 1.807) is 0 Å². The van der Waals surface area contributed by atoms with Crippen LogP contribution in [0.5, 0.6) is 0 Å². The Morgan fingerprint density at radius 2 is 1.91 bits per heavy atom. The van der Waals surface area contributed by atoms with Crippen LogP contribution in [0.15, 0.2) is 22.9 Å². The number of hydrogen-bond acceptors (Lipinski definition) is 5. The summed E-state index contributed by atoms with van der Waals surface area (Å²) in [7, 11) is 0. The van der Waals surface area contributed by atoms with Gasteiger partial charge in [0.25, 0.3) is 5.89 Å². The van der Waals surface area contributed by atoms with Crippen LogP contribution in [0.1, 0.15) is 51.3 Å². The van der Waals surface area contributed by atoms with Crippen LogP contribution in [0.25, 0.3) is 11.5 Å². The molecule has 0 amide bonds. The SMILES string of the molecule is CC(C)c1noc(-c2ccnc(NC(C3CC3)C3CC3)c2)n1. The molecule has 116 valence electrons. The molecule has 0 radical (unpaired) electrons. The van der Waals surface area contributed by atoms with Gasteiger partial charge in [-0.25, -0.2) is 4.98 Å². The van der Waals surface area contributed by atoms with Crippen molar-refractivity contribution in [2.75, 3.05) is 5.32 Å².